The summed E-state index contributed by atoms with van der Waals surface area (Å²) in [4.78, 5) is 16.3. The van der Waals surface area contributed by atoms with Crippen LogP contribution in [0.2, 0.25) is 0 Å². The molecule has 0 radical (unpaired) electrons. The standard InChI is InChI=1S/C58H35N3Se/c1-2-15-36(16-3-1)37-31-33-38(34-32-37)39-17-12-18-40(35-39)55-59-56(61-57(60-55)47-25-13-23-44-43-21-7-11-30-52(43)62-54(44)47)46-24-14-29-51-53(46)45-22-6-10-28-50(45)58(51)48-26-8-4-19-41(48)42-20-5-9-27-49(42)58/h1-35H. The van der Waals surface area contributed by atoms with Gasteiger partial charge in [0.25, 0.3) is 0 Å². The molecule has 0 saturated carbocycles. The van der Waals surface area contributed by atoms with Crippen LogP contribution in [0.15, 0.2) is 212 Å². The van der Waals surface area contributed by atoms with E-state index in [-0.39, 0.29) is 14.5 Å². The number of nitrogens with zero attached hydrogens (tertiary/aromatic N) is 3. The Bertz CT molecular complexity index is 3540. The molecule has 0 N–H and O–H groups in total. The molecule has 0 bridgehead atoms. The van der Waals surface area contributed by atoms with Gasteiger partial charge in [0, 0.05) is 0 Å². The molecule has 62 heavy (non-hydrogen) atoms. The zero-order valence-corrected chi connectivity index (χ0v) is 35.2. The molecule has 0 saturated heterocycles. The summed E-state index contributed by atoms with van der Waals surface area (Å²) in [6.07, 6.45) is 0. The topological polar surface area (TPSA) is 38.7 Å². The second-order valence-corrected chi connectivity index (χ2v) is 18.4. The van der Waals surface area contributed by atoms with Crippen LogP contribution in [0.25, 0.3) is 98.0 Å². The molecule has 2 aliphatic rings. The van der Waals surface area contributed by atoms with Crippen LogP contribution in [-0.4, -0.2) is 29.5 Å². The minimum atomic E-state index is -0.466. The van der Waals surface area contributed by atoms with Gasteiger partial charge in [-0.15, -0.1) is 0 Å². The van der Waals surface area contributed by atoms with E-state index < -0.39 is 5.41 Å². The Kier molecular flexibility index (Phi) is 7.84. The molecule has 0 atom stereocenters. The van der Waals surface area contributed by atoms with Gasteiger partial charge in [-0.1, -0.05) is 42.5 Å². The fourth-order valence-corrected chi connectivity index (χ4v) is 12.9. The normalized spacial score (nSPS) is 13.0. The molecule has 2 heterocycles. The van der Waals surface area contributed by atoms with Gasteiger partial charge < -0.3 is 0 Å². The van der Waals surface area contributed by atoms with Crippen LogP contribution in [0.5, 0.6) is 0 Å². The zero-order valence-electron chi connectivity index (χ0n) is 33.5. The van der Waals surface area contributed by atoms with E-state index in [1.54, 1.807) is 0 Å². The summed E-state index contributed by atoms with van der Waals surface area (Å²) < 4.78 is 2.71. The first kappa shape index (κ1) is 35.3. The summed E-state index contributed by atoms with van der Waals surface area (Å²) in [5, 5.41) is 2.59. The van der Waals surface area contributed by atoms with Crippen LogP contribution >= 0.6 is 0 Å². The SMILES string of the molecule is c1ccc(-c2ccc(-c3cccc(-c4nc(-c5cccc6c5-c5ccccc5C65c6ccccc6-c6ccccc65)nc(-c5cccc6c5[se]c5ccccc56)n4)c3)cc2)cc1. The van der Waals surface area contributed by atoms with E-state index in [4.69, 9.17) is 15.0 Å². The number of fused-ring (bicyclic) bond motifs is 13. The van der Waals surface area contributed by atoms with Crippen LogP contribution in [0.4, 0.5) is 0 Å². The van der Waals surface area contributed by atoms with Gasteiger partial charge in [0.2, 0.25) is 0 Å². The zero-order chi connectivity index (χ0) is 40.8. The van der Waals surface area contributed by atoms with E-state index in [9.17, 15) is 0 Å². The number of hydrogen-bond acceptors (Lipinski definition) is 3. The van der Waals surface area contributed by atoms with Crippen molar-refractivity contribution in [2.75, 3.05) is 0 Å². The van der Waals surface area contributed by atoms with E-state index in [2.05, 4.69) is 212 Å². The quantitative estimate of drug-likeness (QED) is 0.162. The van der Waals surface area contributed by atoms with Crippen LogP contribution in [0.3, 0.4) is 0 Å². The molecule has 1 spiro atoms. The van der Waals surface area contributed by atoms with Crippen molar-refractivity contribution in [3.8, 4) is 78.7 Å². The summed E-state index contributed by atoms with van der Waals surface area (Å²) in [7, 11) is 0. The van der Waals surface area contributed by atoms with E-state index in [0.717, 1.165) is 27.8 Å². The average Bonchev–Trinajstić information content (AvgIpc) is 3.99. The summed E-state index contributed by atoms with van der Waals surface area (Å²) in [6.45, 7) is 0. The maximum absolute atomic E-state index is 5.50. The first-order chi connectivity index (χ1) is 30.7. The maximum Gasteiger partial charge on any atom is -0.0544 e. The van der Waals surface area contributed by atoms with Crippen molar-refractivity contribution in [1.29, 1.82) is 0 Å². The van der Waals surface area contributed by atoms with Crippen molar-refractivity contribution in [2.24, 2.45) is 0 Å². The summed E-state index contributed by atoms with van der Waals surface area (Å²) in [5.41, 5.74) is 17.4. The van der Waals surface area contributed by atoms with Crippen molar-refractivity contribution in [3.63, 3.8) is 0 Å². The third kappa shape index (κ3) is 5.15. The number of aromatic nitrogens is 3. The molecule has 2 aliphatic carbocycles. The molecule has 9 aromatic carbocycles. The summed E-state index contributed by atoms with van der Waals surface area (Å²) in [6, 6.07) is 77.0. The van der Waals surface area contributed by atoms with Crippen molar-refractivity contribution in [1.82, 2.24) is 15.0 Å². The Morgan fingerprint density at radius 2 is 0.774 bits per heavy atom. The molecule has 0 amide bonds. The fraction of sp³-hybridized carbons (Fsp3) is 0.0172. The van der Waals surface area contributed by atoms with Gasteiger partial charge in [-0.05, 0) is 5.56 Å². The van der Waals surface area contributed by atoms with Crippen molar-refractivity contribution >= 4 is 33.8 Å². The molecule has 2 aromatic heterocycles. The van der Waals surface area contributed by atoms with Gasteiger partial charge in [0.05, 0.1) is 0 Å². The Hall–Kier alpha value is -7.49. The first-order valence-corrected chi connectivity index (χ1v) is 22.8. The minimum Gasteiger partial charge on any atom is -0.0617 e. The van der Waals surface area contributed by atoms with Gasteiger partial charge in [0.15, 0.2) is 0 Å². The van der Waals surface area contributed by atoms with Crippen LogP contribution in [0, 0.1) is 0 Å². The van der Waals surface area contributed by atoms with Gasteiger partial charge in [-0.3, -0.25) is 0 Å². The molecular formula is C58H35N3Se. The van der Waals surface area contributed by atoms with Gasteiger partial charge >= 0.3 is 319 Å². The maximum atomic E-state index is 5.50. The first-order valence-electron chi connectivity index (χ1n) is 21.1. The van der Waals surface area contributed by atoms with E-state index in [0.29, 0.717) is 17.5 Å². The Labute approximate surface area is 365 Å². The van der Waals surface area contributed by atoms with Crippen LogP contribution in [-0.2, 0) is 5.41 Å². The average molecular weight is 853 g/mol. The van der Waals surface area contributed by atoms with E-state index in [1.807, 2.05) is 0 Å². The third-order valence-electron chi connectivity index (χ3n) is 13.0. The van der Waals surface area contributed by atoms with Crippen molar-refractivity contribution in [3.05, 3.63) is 235 Å². The molecule has 11 aromatic rings. The molecular weight excluding hydrogens is 818 g/mol. The molecule has 0 unspecified atom stereocenters. The molecule has 4 heteroatoms. The van der Waals surface area contributed by atoms with E-state index >= 15 is 0 Å². The molecule has 3 nitrogen and oxygen atoms in total. The number of hydrogen-bond donors (Lipinski definition) is 0. The van der Waals surface area contributed by atoms with Crippen molar-refractivity contribution < 1.29 is 0 Å². The Morgan fingerprint density at radius 1 is 0.306 bits per heavy atom. The summed E-state index contributed by atoms with van der Waals surface area (Å²) in [5.74, 6) is 2.03. The second-order valence-electron chi connectivity index (χ2n) is 16.2. The fourth-order valence-electron chi connectivity index (χ4n) is 10.3. The predicted octanol–water partition coefficient (Wildman–Crippen LogP) is 13.9. The Morgan fingerprint density at radius 3 is 1.53 bits per heavy atom. The predicted molar refractivity (Wildman–Crippen MR) is 255 cm³/mol. The smallest absolute Gasteiger partial charge is 0.0544 e. The van der Waals surface area contributed by atoms with Gasteiger partial charge in [-0.25, -0.2) is 0 Å². The molecule has 0 fully saturated rings. The monoisotopic (exact) mass is 853 g/mol. The second kappa shape index (κ2) is 13.8. The van der Waals surface area contributed by atoms with E-state index in [1.165, 1.54) is 74.9 Å². The molecule has 0 aliphatic heterocycles. The Balaban J connectivity index is 1.04. The van der Waals surface area contributed by atoms with Crippen LogP contribution < -0.4 is 0 Å². The summed E-state index contributed by atoms with van der Waals surface area (Å²) >= 11 is 0.115. The third-order valence-corrected chi connectivity index (χ3v) is 15.5. The van der Waals surface area contributed by atoms with Gasteiger partial charge in [0.1, 0.15) is 0 Å². The molecule has 13 rings (SSSR count). The van der Waals surface area contributed by atoms with Gasteiger partial charge in [-0.2, -0.15) is 0 Å². The van der Waals surface area contributed by atoms with Crippen molar-refractivity contribution in [2.45, 2.75) is 5.41 Å². The minimum absolute atomic E-state index is 0.115. The number of benzene rings is 9. The molecule has 288 valence electrons. The van der Waals surface area contributed by atoms with Crippen LogP contribution in [0.1, 0.15) is 22.3 Å². The largest absolute Gasteiger partial charge is 0.0617 e. The number of rotatable bonds is 5.